The first-order valence-electron chi connectivity index (χ1n) is 11.3. The van der Waals surface area contributed by atoms with E-state index in [2.05, 4.69) is 22.0 Å². The molecule has 2 atom stereocenters. The first-order chi connectivity index (χ1) is 14.6. The van der Waals surface area contributed by atoms with Gasteiger partial charge < -0.3 is 29.7 Å². The molecule has 0 spiro atoms. The maximum absolute atomic E-state index is 10.8. The highest BCUT2D eigenvalue weighted by molar-refractivity contribution is 5.80. The van der Waals surface area contributed by atoms with Crippen molar-refractivity contribution < 1.29 is 14.6 Å². The van der Waals surface area contributed by atoms with E-state index in [4.69, 9.17) is 14.5 Å². The Labute approximate surface area is 181 Å². The van der Waals surface area contributed by atoms with E-state index < -0.39 is 6.10 Å². The minimum atomic E-state index is -0.754. The third-order valence-corrected chi connectivity index (χ3v) is 6.10. The number of guanidine groups is 1. The molecule has 2 fully saturated rings. The van der Waals surface area contributed by atoms with Gasteiger partial charge in [0.1, 0.15) is 17.6 Å². The van der Waals surface area contributed by atoms with Crippen molar-refractivity contribution in [3.63, 3.8) is 0 Å². The van der Waals surface area contributed by atoms with Gasteiger partial charge in [-0.05, 0) is 63.4 Å². The zero-order valence-corrected chi connectivity index (χ0v) is 18.8. The molecule has 0 saturated carbocycles. The SMILES string of the molecule is CCNC(=NCC(O)c1cc(OC)ccc1OC)N1CCC(CN2CCCCC2)C1. The Morgan fingerprint density at radius 1 is 1.20 bits per heavy atom. The predicted octanol–water partition coefficient (Wildman–Crippen LogP) is 2.51. The molecule has 168 valence electrons. The lowest BCUT2D eigenvalue weighted by Gasteiger charge is -2.29. The van der Waals surface area contributed by atoms with E-state index in [9.17, 15) is 5.11 Å². The Morgan fingerprint density at radius 3 is 2.70 bits per heavy atom. The number of nitrogens with one attached hydrogen (secondary N) is 1. The van der Waals surface area contributed by atoms with Gasteiger partial charge in [-0.25, -0.2) is 0 Å². The average molecular weight is 419 g/mol. The van der Waals surface area contributed by atoms with Crippen LogP contribution < -0.4 is 14.8 Å². The van der Waals surface area contributed by atoms with Crippen molar-refractivity contribution in [3.05, 3.63) is 23.8 Å². The molecule has 7 heteroatoms. The minimum Gasteiger partial charge on any atom is -0.497 e. The van der Waals surface area contributed by atoms with Gasteiger partial charge >= 0.3 is 0 Å². The summed E-state index contributed by atoms with van der Waals surface area (Å²) in [5.74, 6) is 2.92. The number of hydrogen-bond donors (Lipinski definition) is 2. The molecule has 2 aliphatic rings. The fraction of sp³-hybridized carbons (Fsp3) is 0.696. The number of piperidine rings is 1. The van der Waals surface area contributed by atoms with E-state index in [1.165, 1.54) is 45.3 Å². The van der Waals surface area contributed by atoms with E-state index in [0.717, 1.165) is 25.6 Å². The number of nitrogens with zero attached hydrogens (tertiary/aromatic N) is 3. The number of aliphatic hydroxyl groups excluding tert-OH is 1. The maximum Gasteiger partial charge on any atom is 0.194 e. The van der Waals surface area contributed by atoms with Crippen molar-refractivity contribution in [1.29, 1.82) is 0 Å². The van der Waals surface area contributed by atoms with Crippen LogP contribution in [0.25, 0.3) is 0 Å². The number of aliphatic hydroxyl groups is 1. The number of benzene rings is 1. The van der Waals surface area contributed by atoms with Crippen molar-refractivity contribution in [2.45, 2.75) is 38.7 Å². The van der Waals surface area contributed by atoms with Crippen LogP contribution in [0.15, 0.2) is 23.2 Å². The van der Waals surface area contributed by atoms with Crippen LogP contribution in [0.2, 0.25) is 0 Å². The van der Waals surface area contributed by atoms with E-state index in [1.807, 2.05) is 18.2 Å². The Kier molecular flexibility index (Phi) is 8.63. The zero-order valence-electron chi connectivity index (χ0n) is 18.8. The molecule has 30 heavy (non-hydrogen) atoms. The van der Waals surface area contributed by atoms with Crippen LogP contribution >= 0.6 is 0 Å². The summed E-state index contributed by atoms with van der Waals surface area (Å²) in [7, 11) is 3.23. The number of likely N-dealkylation sites (tertiary alicyclic amines) is 2. The average Bonchev–Trinajstić information content (AvgIpc) is 3.24. The molecular weight excluding hydrogens is 380 g/mol. The second-order valence-corrected chi connectivity index (χ2v) is 8.28. The Bertz CT molecular complexity index is 691. The molecule has 0 amide bonds. The predicted molar refractivity (Wildman–Crippen MR) is 120 cm³/mol. The van der Waals surface area contributed by atoms with Crippen molar-refractivity contribution in [1.82, 2.24) is 15.1 Å². The fourth-order valence-corrected chi connectivity index (χ4v) is 4.48. The number of aliphatic imine (C=N–C) groups is 1. The van der Waals surface area contributed by atoms with Gasteiger partial charge in [-0.15, -0.1) is 0 Å². The summed E-state index contributed by atoms with van der Waals surface area (Å²) >= 11 is 0. The van der Waals surface area contributed by atoms with Crippen molar-refractivity contribution in [2.24, 2.45) is 10.9 Å². The maximum atomic E-state index is 10.8. The Morgan fingerprint density at radius 2 is 2.00 bits per heavy atom. The van der Waals surface area contributed by atoms with Gasteiger partial charge in [0.25, 0.3) is 0 Å². The largest absolute Gasteiger partial charge is 0.497 e. The lowest BCUT2D eigenvalue weighted by molar-refractivity contribution is 0.181. The fourth-order valence-electron chi connectivity index (χ4n) is 4.48. The number of hydrogen-bond acceptors (Lipinski definition) is 5. The van der Waals surface area contributed by atoms with Gasteiger partial charge in [0.05, 0.1) is 20.8 Å². The molecule has 0 radical (unpaired) electrons. The molecule has 0 aliphatic carbocycles. The van der Waals surface area contributed by atoms with Crippen molar-refractivity contribution in [3.8, 4) is 11.5 Å². The molecule has 7 nitrogen and oxygen atoms in total. The molecular formula is C23H38N4O3. The normalized spacial score (nSPS) is 21.5. The lowest BCUT2D eigenvalue weighted by atomic mass is 10.1. The third-order valence-electron chi connectivity index (χ3n) is 6.10. The van der Waals surface area contributed by atoms with Gasteiger partial charge in [-0.3, -0.25) is 4.99 Å². The molecule has 1 aromatic rings. The molecule has 1 aromatic carbocycles. The monoisotopic (exact) mass is 418 g/mol. The summed E-state index contributed by atoms with van der Waals surface area (Å²) in [6.07, 6.45) is 4.51. The zero-order chi connectivity index (χ0) is 21.3. The molecule has 0 bridgehead atoms. The summed E-state index contributed by atoms with van der Waals surface area (Å²) < 4.78 is 10.7. The van der Waals surface area contributed by atoms with Crippen LogP contribution in [0.3, 0.4) is 0 Å². The number of rotatable bonds is 8. The topological polar surface area (TPSA) is 69.6 Å². The van der Waals surface area contributed by atoms with Gasteiger partial charge in [0.15, 0.2) is 5.96 Å². The summed E-state index contributed by atoms with van der Waals surface area (Å²) in [5, 5.41) is 14.2. The van der Waals surface area contributed by atoms with Crippen LogP contribution in [0.5, 0.6) is 11.5 Å². The van der Waals surface area contributed by atoms with Gasteiger partial charge in [0, 0.05) is 31.7 Å². The van der Waals surface area contributed by atoms with Crippen LogP contribution in [-0.2, 0) is 0 Å². The second-order valence-electron chi connectivity index (χ2n) is 8.28. The van der Waals surface area contributed by atoms with Crippen LogP contribution in [0.4, 0.5) is 0 Å². The summed E-state index contributed by atoms with van der Waals surface area (Å²) in [6, 6.07) is 5.46. The van der Waals surface area contributed by atoms with Gasteiger partial charge in [-0.1, -0.05) is 6.42 Å². The standard InChI is InChI=1S/C23H38N4O3/c1-4-24-23(27-13-10-18(17-27)16-26-11-6-5-7-12-26)25-15-21(28)20-14-19(29-2)8-9-22(20)30-3/h8-9,14,18,21,28H,4-7,10-13,15-17H2,1-3H3,(H,24,25). The molecule has 2 N–H and O–H groups in total. The molecule has 2 unspecified atom stereocenters. The molecule has 2 saturated heterocycles. The van der Waals surface area contributed by atoms with Crippen molar-refractivity contribution in [2.75, 3.05) is 60.0 Å². The summed E-state index contributed by atoms with van der Waals surface area (Å²) in [5.41, 5.74) is 0.695. The summed E-state index contributed by atoms with van der Waals surface area (Å²) in [6.45, 7) is 8.91. The molecule has 0 aromatic heterocycles. The van der Waals surface area contributed by atoms with Crippen LogP contribution in [0, 0.1) is 5.92 Å². The first-order valence-corrected chi connectivity index (χ1v) is 11.3. The molecule has 2 aliphatic heterocycles. The second kappa shape index (κ2) is 11.4. The van der Waals surface area contributed by atoms with E-state index >= 15 is 0 Å². The highest BCUT2D eigenvalue weighted by atomic mass is 16.5. The Balaban J connectivity index is 1.61. The Hall–Kier alpha value is -1.99. The molecule has 3 rings (SSSR count). The van der Waals surface area contributed by atoms with E-state index in [-0.39, 0.29) is 6.54 Å². The lowest BCUT2D eigenvalue weighted by Crippen LogP contribution is -2.41. The van der Waals surface area contributed by atoms with E-state index in [1.54, 1.807) is 14.2 Å². The smallest absolute Gasteiger partial charge is 0.194 e. The highest BCUT2D eigenvalue weighted by Gasteiger charge is 2.27. The quantitative estimate of drug-likeness (QED) is 0.499. The van der Waals surface area contributed by atoms with Crippen LogP contribution in [0.1, 0.15) is 44.3 Å². The number of ether oxygens (including phenoxy) is 2. The number of methoxy groups -OCH3 is 2. The van der Waals surface area contributed by atoms with Crippen LogP contribution in [-0.4, -0.2) is 80.9 Å². The van der Waals surface area contributed by atoms with Gasteiger partial charge in [-0.2, -0.15) is 0 Å². The van der Waals surface area contributed by atoms with Gasteiger partial charge in [0.2, 0.25) is 0 Å². The van der Waals surface area contributed by atoms with E-state index in [0.29, 0.717) is 23.0 Å². The summed E-state index contributed by atoms with van der Waals surface area (Å²) in [4.78, 5) is 9.72. The van der Waals surface area contributed by atoms with Crippen molar-refractivity contribution >= 4 is 5.96 Å². The third kappa shape index (κ3) is 6.01. The minimum absolute atomic E-state index is 0.277. The first kappa shape index (κ1) is 22.7. The molecule has 2 heterocycles. The highest BCUT2D eigenvalue weighted by Crippen LogP contribution is 2.29.